The number of benzene rings is 2. The lowest BCUT2D eigenvalue weighted by Crippen LogP contribution is -1.96. The van der Waals surface area contributed by atoms with Gasteiger partial charge in [0.05, 0.1) is 7.11 Å². The molecule has 0 heterocycles. The zero-order valence-electron chi connectivity index (χ0n) is 10.1. The van der Waals surface area contributed by atoms with Crippen molar-refractivity contribution in [2.45, 2.75) is 13.5 Å². The molecule has 0 spiro atoms. The van der Waals surface area contributed by atoms with E-state index in [4.69, 9.17) is 9.47 Å². The number of methoxy groups -OCH3 is 1. The number of hydrogen-bond acceptors (Lipinski definition) is 2. The maximum Gasteiger partial charge on any atom is 0.119 e. The van der Waals surface area contributed by atoms with Gasteiger partial charge in [-0.05, 0) is 42.3 Å². The predicted molar refractivity (Wildman–Crippen MR) is 68.5 cm³/mol. The third-order valence-electron chi connectivity index (χ3n) is 2.50. The average molecular weight is 228 g/mol. The fraction of sp³-hybridized carbons (Fsp3) is 0.200. The molecule has 2 aromatic carbocycles. The van der Waals surface area contributed by atoms with Crippen molar-refractivity contribution in [3.63, 3.8) is 0 Å². The molecule has 0 saturated carbocycles. The van der Waals surface area contributed by atoms with Gasteiger partial charge in [-0.25, -0.2) is 0 Å². The first kappa shape index (κ1) is 11.5. The van der Waals surface area contributed by atoms with Gasteiger partial charge in [-0.1, -0.05) is 24.3 Å². The van der Waals surface area contributed by atoms with Gasteiger partial charge in [0.2, 0.25) is 0 Å². The molecule has 0 N–H and O–H groups in total. The first-order chi connectivity index (χ1) is 8.28. The van der Waals surface area contributed by atoms with Gasteiger partial charge >= 0.3 is 0 Å². The van der Waals surface area contributed by atoms with Crippen LogP contribution in [0, 0.1) is 6.92 Å². The molecule has 2 aromatic rings. The van der Waals surface area contributed by atoms with Crippen molar-refractivity contribution < 1.29 is 9.47 Å². The Kier molecular flexibility index (Phi) is 3.66. The number of hydrogen-bond donors (Lipinski definition) is 0. The summed E-state index contributed by atoms with van der Waals surface area (Å²) in [5, 5.41) is 0. The van der Waals surface area contributed by atoms with Crippen molar-refractivity contribution in [1.82, 2.24) is 0 Å². The molecular weight excluding hydrogens is 212 g/mol. The van der Waals surface area contributed by atoms with Crippen LogP contribution in [-0.2, 0) is 6.61 Å². The molecule has 0 bridgehead atoms. The van der Waals surface area contributed by atoms with E-state index in [1.165, 1.54) is 5.56 Å². The molecule has 0 aliphatic heterocycles. The Hall–Kier alpha value is -1.96. The Morgan fingerprint density at radius 3 is 2.41 bits per heavy atom. The summed E-state index contributed by atoms with van der Waals surface area (Å²) < 4.78 is 10.9. The molecular formula is C15H16O2. The normalized spacial score (nSPS) is 10.0. The topological polar surface area (TPSA) is 18.5 Å². The SMILES string of the molecule is COc1cc(C)cc(COc2ccccc2)c1. The van der Waals surface area contributed by atoms with E-state index in [2.05, 4.69) is 13.0 Å². The molecule has 0 radical (unpaired) electrons. The van der Waals surface area contributed by atoms with Gasteiger partial charge in [0, 0.05) is 0 Å². The second-order valence-electron chi connectivity index (χ2n) is 3.96. The Labute approximate surface area is 102 Å². The van der Waals surface area contributed by atoms with Gasteiger partial charge in [0.1, 0.15) is 18.1 Å². The fourth-order valence-electron chi connectivity index (χ4n) is 1.71. The molecule has 2 nitrogen and oxygen atoms in total. The summed E-state index contributed by atoms with van der Waals surface area (Å²) in [6.45, 7) is 2.61. The van der Waals surface area contributed by atoms with E-state index in [1.807, 2.05) is 42.5 Å². The highest BCUT2D eigenvalue weighted by molar-refractivity contribution is 5.34. The van der Waals surface area contributed by atoms with Crippen LogP contribution in [0.5, 0.6) is 11.5 Å². The first-order valence-electron chi connectivity index (χ1n) is 5.60. The average Bonchev–Trinajstić information content (AvgIpc) is 2.37. The van der Waals surface area contributed by atoms with Gasteiger partial charge in [-0.2, -0.15) is 0 Å². The van der Waals surface area contributed by atoms with Crippen LogP contribution in [0.25, 0.3) is 0 Å². The maximum atomic E-state index is 5.69. The lowest BCUT2D eigenvalue weighted by atomic mass is 10.1. The summed E-state index contributed by atoms with van der Waals surface area (Å²) in [7, 11) is 1.68. The second-order valence-corrected chi connectivity index (χ2v) is 3.96. The quantitative estimate of drug-likeness (QED) is 0.796. The third-order valence-corrected chi connectivity index (χ3v) is 2.50. The smallest absolute Gasteiger partial charge is 0.119 e. The molecule has 17 heavy (non-hydrogen) atoms. The molecule has 0 unspecified atom stereocenters. The van der Waals surface area contributed by atoms with Gasteiger partial charge in [0.15, 0.2) is 0 Å². The second kappa shape index (κ2) is 5.39. The Morgan fingerprint density at radius 2 is 1.71 bits per heavy atom. The standard InChI is InChI=1S/C15H16O2/c1-12-8-13(10-15(9-12)16-2)11-17-14-6-4-3-5-7-14/h3-10H,11H2,1-2H3. The van der Waals surface area contributed by atoms with E-state index >= 15 is 0 Å². The molecule has 0 aliphatic carbocycles. The monoisotopic (exact) mass is 228 g/mol. The zero-order chi connectivity index (χ0) is 12.1. The van der Waals surface area contributed by atoms with E-state index in [9.17, 15) is 0 Å². The largest absolute Gasteiger partial charge is 0.497 e. The minimum atomic E-state index is 0.558. The van der Waals surface area contributed by atoms with Gasteiger partial charge < -0.3 is 9.47 Å². The van der Waals surface area contributed by atoms with E-state index in [0.29, 0.717) is 6.61 Å². The number of ether oxygens (including phenoxy) is 2. The van der Waals surface area contributed by atoms with Gasteiger partial charge in [0.25, 0.3) is 0 Å². The van der Waals surface area contributed by atoms with Crippen LogP contribution >= 0.6 is 0 Å². The molecule has 0 atom stereocenters. The van der Waals surface area contributed by atoms with E-state index in [-0.39, 0.29) is 0 Å². The lowest BCUT2D eigenvalue weighted by molar-refractivity contribution is 0.305. The van der Waals surface area contributed by atoms with Crippen LogP contribution in [0.15, 0.2) is 48.5 Å². The molecule has 0 fully saturated rings. The highest BCUT2D eigenvalue weighted by Gasteiger charge is 2.00. The minimum Gasteiger partial charge on any atom is -0.497 e. The summed E-state index contributed by atoms with van der Waals surface area (Å²) in [4.78, 5) is 0. The summed E-state index contributed by atoms with van der Waals surface area (Å²) in [5.41, 5.74) is 2.29. The minimum absolute atomic E-state index is 0.558. The van der Waals surface area contributed by atoms with Crippen molar-refractivity contribution in [1.29, 1.82) is 0 Å². The molecule has 2 rings (SSSR count). The van der Waals surface area contributed by atoms with Crippen LogP contribution in [0.2, 0.25) is 0 Å². The van der Waals surface area contributed by atoms with Crippen molar-refractivity contribution >= 4 is 0 Å². The summed E-state index contributed by atoms with van der Waals surface area (Å²) in [6, 6.07) is 15.9. The number of aryl methyl sites for hydroxylation is 1. The Bertz CT molecular complexity index is 478. The number of rotatable bonds is 4. The van der Waals surface area contributed by atoms with E-state index in [0.717, 1.165) is 17.1 Å². The Balaban J connectivity index is 2.06. The summed E-state index contributed by atoms with van der Waals surface area (Å²) in [5.74, 6) is 1.75. The molecule has 0 amide bonds. The third kappa shape index (κ3) is 3.25. The summed E-state index contributed by atoms with van der Waals surface area (Å²) in [6.07, 6.45) is 0. The molecule has 0 aromatic heterocycles. The van der Waals surface area contributed by atoms with E-state index < -0.39 is 0 Å². The highest BCUT2D eigenvalue weighted by Crippen LogP contribution is 2.18. The van der Waals surface area contributed by atoms with Crippen LogP contribution in [-0.4, -0.2) is 7.11 Å². The van der Waals surface area contributed by atoms with Crippen molar-refractivity contribution in [2.24, 2.45) is 0 Å². The predicted octanol–water partition coefficient (Wildman–Crippen LogP) is 3.58. The van der Waals surface area contributed by atoms with Crippen LogP contribution < -0.4 is 9.47 Å². The molecule has 0 aliphatic rings. The van der Waals surface area contributed by atoms with Crippen molar-refractivity contribution in [3.05, 3.63) is 59.7 Å². The molecule has 2 heteroatoms. The number of para-hydroxylation sites is 1. The fourth-order valence-corrected chi connectivity index (χ4v) is 1.71. The van der Waals surface area contributed by atoms with Crippen molar-refractivity contribution in [3.8, 4) is 11.5 Å². The Morgan fingerprint density at radius 1 is 0.941 bits per heavy atom. The van der Waals surface area contributed by atoms with Crippen LogP contribution in [0.1, 0.15) is 11.1 Å². The zero-order valence-corrected chi connectivity index (χ0v) is 10.1. The van der Waals surface area contributed by atoms with Gasteiger partial charge in [-0.15, -0.1) is 0 Å². The van der Waals surface area contributed by atoms with E-state index in [1.54, 1.807) is 7.11 Å². The van der Waals surface area contributed by atoms with Gasteiger partial charge in [-0.3, -0.25) is 0 Å². The highest BCUT2D eigenvalue weighted by atomic mass is 16.5. The maximum absolute atomic E-state index is 5.69. The lowest BCUT2D eigenvalue weighted by Gasteiger charge is -2.08. The molecule has 88 valence electrons. The summed E-state index contributed by atoms with van der Waals surface area (Å²) >= 11 is 0. The molecule has 0 saturated heterocycles. The van der Waals surface area contributed by atoms with Crippen molar-refractivity contribution in [2.75, 3.05) is 7.11 Å². The van der Waals surface area contributed by atoms with Crippen LogP contribution in [0.4, 0.5) is 0 Å². The van der Waals surface area contributed by atoms with Crippen LogP contribution in [0.3, 0.4) is 0 Å². The first-order valence-corrected chi connectivity index (χ1v) is 5.60.